The molecule has 0 radical (unpaired) electrons. The molecular formula is C15H17ClIN3O. The van der Waals surface area contributed by atoms with E-state index in [1.54, 1.807) is 19.2 Å². The van der Waals surface area contributed by atoms with Crippen LogP contribution in [0.5, 0.6) is 5.75 Å². The molecule has 0 amide bonds. The van der Waals surface area contributed by atoms with Gasteiger partial charge in [-0.05, 0) is 23.8 Å². The van der Waals surface area contributed by atoms with Gasteiger partial charge in [0.1, 0.15) is 5.75 Å². The van der Waals surface area contributed by atoms with Crippen molar-refractivity contribution in [2.24, 2.45) is 10.7 Å². The van der Waals surface area contributed by atoms with Crippen LogP contribution in [0.3, 0.4) is 0 Å². The van der Waals surface area contributed by atoms with Gasteiger partial charge in [-0.15, -0.1) is 24.0 Å². The largest absolute Gasteiger partial charge is 0.495 e. The smallest absolute Gasteiger partial charge is 0.193 e. The highest BCUT2D eigenvalue weighted by molar-refractivity contribution is 14.0. The number of benzene rings is 2. The Labute approximate surface area is 146 Å². The van der Waals surface area contributed by atoms with Crippen LogP contribution in [0, 0.1) is 0 Å². The highest BCUT2D eigenvalue weighted by atomic mass is 127. The Morgan fingerprint density at radius 3 is 2.57 bits per heavy atom. The zero-order valence-electron chi connectivity index (χ0n) is 11.5. The Hall–Kier alpha value is -1.47. The number of methoxy groups -OCH3 is 1. The fourth-order valence-corrected chi connectivity index (χ4v) is 1.95. The molecule has 2 rings (SSSR count). The van der Waals surface area contributed by atoms with Crippen LogP contribution in [0.15, 0.2) is 53.5 Å². The number of aliphatic imine (C=N–C) groups is 1. The lowest BCUT2D eigenvalue weighted by Gasteiger charge is -2.08. The standard InChI is InChI=1S/C15H16ClN3O.HI/c1-20-14-8-7-12(9-13(14)16)19-15(17)18-10-11-5-3-2-4-6-11;/h2-9H,10H2,1H3,(H3,17,18,19);1H. The van der Waals surface area contributed by atoms with E-state index in [9.17, 15) is 0 Å². The first-order valence-corrected chi connectivity index (χ1v) is 6.51. The monoisotopic (exact) mass is 417 g/mol. The third-order valence-electron chi connectivity index (χ3n) is 2.70. The van der Waals surface area contributed by atoms with Crippen molar-refractivity contribution in [3.05, 3.63) is 59.1 Å². The van der Waals surface area contributed by atoms with E-state index in [1.807, 2.05) is 36.4 Å². The minimum absolute atomic E-state index is 0. The van der Waals surface area contributed by atoms with E-state index in [0.29, 0.717) is 23.3 Å². The van der Waals surface area contributed by atoms with Gasteiger partial charge in [0, 0.05) is 5.69 Å². The topological polar surface area (TPSA) is 59.6 Å². The quantitative estimate of drug-likeness (QED) is 0.451. The molecule has 112 valence electrons. The molecule has 0 aliphatic heterocycles. The third kappa shape index (κ3) is 5.43. The second kappa shape index (κ2) is 8.74. The number of hydrogen-bond donors (Lipinski definition) is 2. The average Bonchev–Trinajstić information content (AvgIpc) is 2.46. The minimum Gasteiger partial charge on any atom is -0.495 e. The van der Waals surface area contributed by atoms with Gasteiger partial charge in [-0.1, -0.05) is 41.9 Å². The summed E-state index contributed by atoms with van der Waals surface area (Å²) in [6.45, 7) is 0.531. The third-order valence-corrected chi connectivity index (χ3v) is 2.99. The van der Waals surface area contributed by atoms with Crippen molar-refractivity contribution in [2.45, 2.75) is 6.54 Å². The maximum Gasteiger partial charge on any atom is 0.193 e. The van der Waals surface area contributed by atoms with Crippen molar-refractivity contribution in [2.75, 3.05) is 12.4 Å². The van der Waals surface area contributed by atoms with Crippen molar-refractivity contribution in [3.63, 3.8) is 0 Å². The van der Waals surface area contributed by atoms with E-state index in [4.69, 9.17) is 22.1 Å². The Kier molecular flexibility index (Phi) is 7.31. The maximum atomic E-state index is 6.04. The van der Waals surface area contributed by atoms with Crippen LogP contribution in [-0.4, -0.2) is 13.1 Å². The van der Waals surface area contributed by atoms with E-state index in [0.717, 1.165) is 11.3 Å². The number of nitrogens with zero attached hydrogens (tertiary/aromatic N) is 1. The van der Waals surface area contributed by atoms with E-state index in [-0.39, 0.29) is 24.0 Å². The number of hydrogen-bond acceptors (Lipinski definition) is 2. The number of anilines is 1. The highest BCUT2D eigenvalue weighted by Gasteiger charge is 2.02. The van der Waals surface area contributed by atoms with Crippen molar-refractivity contribution < 1.29 is 4.74 Å². The van der Waals surface area contributed by atoms with Crippen molar-refractivity contribution >= 4 is 47.2 Å². The summed E-state index contributed by atoms with van der Waals surface area (Å²) in [4.78, 5) is 4.27. The van der Waals surface area contributed by atoms with Gasteiger partial charge in [0.2, 0.25) is 0 Å². The second-order valence-electron chi connectivity index (χ2n) is 4.16. The van der Waals surface area contributed by atoms with Gasteiger partial charge in [-0.2, -0.15) is 0 Å². The molecule has 6 heteroatoms. The van der Waals surface area contributed by atoms with Gasteiger partial charge in [0.15, 0.2) is 5.96 Å². The number of rotatable bonds is 4. The van der Waals surface area contributed by atoms with Gasteiger partial charge < -0.3 is 15.8 Å². The SMILES string of the molecule is COc1ccc(NC(N)=NCc2ccccc2)cc1Cl.I. The predicted octanol–water partition coefficient (Wildman–Crippen LogP) is 3.89. The summed E-state index contributed by atoms with van der Waals surface area (Å²) in [5, 5.41) is 3.51. The normalized spacial score (nSPS) is 10.7. The van der Waals surface area contributed by atoms with Crippen LogP contribution in [0.1, 0.15) is 5.56 Å². The lowest BCUT2D eigenvalue weighted by Crippen LogP contribution is -2.22. The summed E-state index contributed by atoms with van der Waals surface area (Å²) in [5.41, 5.74) is 7.71. The molecule has 2 aromatic carbocycles. The molecule has 0 spiro atoms. The molecule has 0 heterocycles. The fourth-order valence-electron chi connectivity index (χ4n) is 1.69. The lowest BCUT2D eigenvalue weighted by molar-refractivity contribution is 0.415. The Morgan fingerprint density at radius 2 is 1.95 bits per heavy atom. The Morgan fingerprint density at radius 1 is 1.24 bits per heavy atom. The van der Waals surface area contributed by atoms with Crippen molar-refractivity contribution in [1.29, 1.82) is 0 Å². The van der Waals surface area contributed by atoms with Crippen LogP contribution in [0.2, 0.25) is 5.02 Å². The molecule has 0 unspecified atom stereocenters. The van der Waals surface area contributed by atoms with Crippen molar-refractivity contribution in [1.82, 2.24) is 0 Å². The Bertz CT molecular complexity index is 605. The molecule has 0 bridgehead atoms. The molecule has 0 aliphatic carbocycles. The summed E-state index contributed by atoms with van der Waals surface area (Å²) < 4.78 is 5.09. The molecule has 21 heavy (non-hydrogen) atoms. The molecule has 0 aromatic heterocycles. The average molecular weight is 418 g/mol. The molecular weight excluding hydrogens is 401 g/mol. The molecule has 0 atom stereocenters. The summed E-state index contributed by atoms with van der Waals surface area (Å²) >= 11 is 6.04. The zero-order valence-corrected chi connectivity index (χ0v) is 14.6. The number of halogens is 2. The molecule has 0 saturated heterocycles. The van der Waals surface area contributed by atoms with Crippen LogP contribution >= 0.6 is 35.6 Å². The summed E-state index contributed by atoms with van der Waals surface area (Å²) in [5.74, 6) is 0.965. The molecule has 0 saturated carbocycles. The first-order chi connectivity index (χ1) is 9.69. The Balaban J connectivity index is 0.00000220. The predicted molar refractivity (Wildman–Crippen MR) is 98.8 cm³/mol. The fraction of sp³-hybridized carbons (Fsp3) is 0.133. The molecule has 3 N–H and O–H groups in total. The highest BCUT2D eigenvalue weighted by Crippen LogP contribution is 2.26. The molecule has 0 aliphatic rings. The molecule has 0 fully saturated rings. The summed E-state index contributed by atoms with van der Waals surface area (Å²) in [6, 6.07) is 15.3. The van der Waals surface area contributed by atoms with Gasteiger partial charge >= 0.3 is 0 Å². The second-order valence-corrected chi connectivity index (χ2v) is 4.57. The number of ether oxygens (including phenoxy) is 1. The first kappa shape index (κ1) is 17.6. The van der Waals surface area contributed by atoms with E-state index >= 15 is 0 Å². The number of guanidine groups is 1. The van der Waals surface area contributed by atoms with E-state index in [1.165, 1.54) is 0 Å². The van der Waals surface area contributed by atoms with E-state index in [2.05, 4.69) is 10.3 Å². The van der Waals surface area contributed by atoms with Gasteiger partial charge in [-0.3, -0.25) is 0 Å². The minimum atomic E-state index is 0. The van der Waals surface area contributed by atoms with Gasteiger partial charge in [-0.25, -0.2) is 4.99 Å². The van der Waals surface area contributed by atoms with Crippen LogP contribution in [0.25, 0.3) is 0 Å². The van der Waals surface area contributed by atoms with Gasteiger partial charge in [0.05, 0.1) is 18.7 Å². The summed E-state index contributed by atoms with van der Waals surface area (Å²) in [6.07, 6.45) is 0. The van der Waals surface area contributed by atoms with Gasteiger partial charge in [0.25, 0.3) is 0 Å². The molecule has 4 nitrogen and oxygen atoms in total. The van der Waals surface area contributed by atoms with Crippen LogP contribution in [-0.2, 0) is 6.54 Å². The zero-order chi connectivity index (χ0) is 14.4. The van der Waals surface area contributed by atoms with Crippen LogP contribution in [0.4, 0.5) is 5.69 Å². The molecule has 2 aromatic rings. The lowest BCUT2D eigenvalue weighted by atomic mass is 10.2. The van der Waals surface area contributed by atoms with Crippen molar-refractivity contribution in [3.8, 4) is 5.75 Å². The maximum absolute atomic E-state index is 6.04. The summed E-state index contributed by atoms with van der Waals surface area (Å²) in [7, 11) is 1.57. The van der Waals surface area contributed by atoms with Crippen LogP contribution < -0.4 is 15.8 Å². The number of nitrogens with two attached hydrogens (primary N) is 1. The van der Waals surface area contributed by atoms with E-state index < -0.39 is 0 Å². The number of nitrogens with one attached hydrogen (secondary N) is 1. The first-order valence-electron chi connectivity index (χ1n) is 6.13.